The Morgan fingerprint density at radius 1 is 1.00 bits per heavy atom. The molecule has 39 heavy (non-hydrogen) atoms. The van der Waals surface area contributed by atoms with E-state index in [0.717, 1.165) is 37.0 Å². The standard InChI is InChI=1S/C27H30FN5O5S/c28-22-8-6-21(7-9-22)26(34)31-24(18-20-4-2-1-3-5-20)27(35)32-25-11-10-23(19-29-25)39(36,37)30-12-13-33-14-16-38-17-15-33/h1-11,19,24,30H,12-18H2,(H,31,34)(H,29,32,35)/t24-/m0/s1. The number of carbonyl (C=O) groups excluding carboxylic acids is 2. The third-order valence-electron chi connectivity index (χ3n) is 6.13. The molecule has 1 fully saturated rings. The molecule has 0 radical (unpaired) electrons. The van der Waals surface area contributed by atoms with Crippen molar-refractivity contribution in [3.63, 3.8) is 0 Å². The third-order valence-corrected chi connectivity index (χ3v) is 7.58. The molecule has 3 N–H and O–H groups in total. The van der Waals surface area contributed by atoms with E-state index >= 15 is 0 Å². The van der Waals surface area contributed by atoms with Gasteiger partial charge in [-0.2, -0.15) is 0 Å². The molecule has 1 aromatic heterocycles. The number of sulfonamides is 1. The molecule has 0 spiro atoms. The number of anilines is 1. The monoisotopic (exact) mass is 555 g/mol. The molecular formula is C27H30FN5O5S. The summed E-state index contributed by atoms with van der Waals surface area (Å²) in [7, 11) is -3.78. The van der Waals surface area contributed by atoms with Gasteiger partial charge in [-0.05, 0) is 42.0 Å². The summed E-state index contributed by atoms with van der Waals surface area (Å²) >= 11 is 0. The lowest BCUT2D eigenvalue weighted by molar-refractivity contribution is -0.118. The highest BCUT2D eigenvalue weighted by Crippen LogP contribution is 2.13. The fourth-order valence-corrected chi connectivity index (χ4v) is 4.94. The zero-order chi connectivity index (χ0) is 27.7. The van der Waals surface area contributed by atoms with Crippen LogP contribution in [0.15, 0.2) is 77.8 Å². The Labute approximate surface area is 226 Å². The minimum absolute atomic E-state index is 0.0343. The highest BCUT2D eigenvalue weighted by molar-refractivity contribution is 7.89. The number of ether oxygens (including phenoxy) is 1. The summed E-state index contributed by atoms with van der Waals surface area (Å²) in [6, 6.07) is 15.9. The molecule has 12 heteroatoms. The maximum absolute atomic E-state index is 13.3. The topological polar surface area (TPSA) is 130 Å². The molecule has 1 atom stereocenters. The van der Waals surface area contributed by atoms with Crippen molar-refractivity contribution < 1.29 is 27.1 Å². The Morgan fingerprint density at radius 3 is 2.38 bits per heavy atom. The second kappa shape index (κ2) is 13.4. The van der Waals surface area contributed by atoms with Crippen molar-refractivity contribution in [1.29, 1.82) is 0 Å². The average molecular weight is 556 g/mol. The van der Waals surface area contributed by atoms with Gasteiger partial charge in [-0.1, -0.05) is 30.3 Å². The largest absolute Gasteiger partial charge is 0.379 e. The van der Waals surface area contributed by atoms with Crippen molar-refractivity contribution in [2.75, 3.05) is 44.7 Å². The van der Waals surface area contributed by atoms with Gasteiger partial charge in [-0.15, -0.1) is 0 Å². The van der Waals surface area contributed by atoms with E-state index in [9.17, 15) is 22.4 Å². The molecule has 0 aliphatic carbocycles. The lowest BCUT2D eigenvalue weighted by Crippen LogP contribution is -2.45. The van der Waals surface area contributed by atoms with E-state index in [0.29, 0.717) is 19.8 Å². The second-order valence-electron chi connectivity index (χ2n) is 8.94. The van der Waals surface area contributed by atoms with Crippen LogP contribution in [0.3, 0.4) is 0 Å². The highest BCUT2D eigenvalue weighted by atomic mass is 32.2. The molecule has 2 amide bonds. The second-order valence-corrected chi connectivity index (χ2v) is 10.7. The van der Waals surface area contributed by atoms with Crippen molar-refractivity contribution >= 4 is 27.7 Å². The molecule has 3 aromatic rings. The molecule has 1 saturated heterocycles. The number of rotatable bonds is 11. The smallest absolute Gasteiger partial charge is 0.251 e. The third kappa shape index (κ3) is 8.39. The van der Waals surface area contributed by atoms with Crippen molar-refractivity contribution in [2.24, 2.45) is 0 Å². The fourth-order valence-electron chi connectivity index (χ4n) is 3.97. The Balaban J connectivity index is 1.39. The molecule has 10 nitrogen and oxygen atoms in total. The minimum atomic E-state index is -3.78. The molecule has 0 bridgehead atoms. The average Bonchev–Trinajstić information content (AvgIpc) is 2.94. The van der Waals surface area contributed by atoms with Crippen LogP contribution in [0, 0.1) is 5.82 Å². The van der Waals surface area contributed by atoms with E-state index in [1.807, 2.05) is 30.3 Å². The normalized spacial score (nSPS) is 14.9. The number of nitrogens with one attached hydrogen (secondary N) is 3. The molecule has 2 heterocycles. The van der Waals surface area contributed by atoms with Crippen LogP contribution in [-0.2, 0) is 26.0 Å². The number of amides is 2. The van der Waals surface area contributed by atoms with Crippen LogP contribution in [0.1, 0.15) is 15.9 Å². The van der Waals surface area contributed by atoms with Gasteiger partial charge in [0.05, 0.1) is 13.2 Å². The predicted octanol–water partition coefficient (Wildman–Crippen LogP) is 1.81. The van der Waals surface area contributed by atoms with Gasteiger partial charge in [0.15, 0.2) is 0 Å². The first-order chi connectivity index (χ1) is 18.8. The number of pyridine rings is 1. The van der Waals surface area contributed by atoms with Gasteiger partial charge >= 0.3 is 0 Å². The molecule has 1 aliphatic heterocycles. The first-order valence-electron chi connectivity index (χ1n) is 12.5. The number of morpholine rings is 1. The Bertz CT molecular complexity index is 1350. The van der Waals surface area contributed by atoms with Crippen molar-refractivity contribution in [3.05, 3.63) is 89.9 Å². The number of carbonyl (C=O) groups is 2. The molecule has 0 saturated carbocycles. The van der Waals surface area contributed by atoms with Gasteiger partial charge in [-0.25, -0.2) is 22.5 Å². The number of nitrogens with zero attached hydrogens (tertiary/aromatic N) is 2. The SMILES string of the molecule is O=C(N[C@@H](Cc1ccccc1)C(=O)Nc1ccc(S(=O)(=O)NCCN2CCOCC2)cn1)c1ccc(F)cc1. The Kier molecular flexibility index (Phi) is 9.71. The molecule has 206 valence electrons. The van der Waals surface area contributed by atoms with Crippen LogP contribution in [0.2, 0.25) is 0 Å². The maximum Gasteiger partial charge on any atom is 0.251 e. The van der Waals surface area contributed by atoms with E-state index in [2.05, 4.69) is 25.2 Å². The summed E-state index contributed by atoms with van der Waals surface area (Å²) in [5.74, 6) is -1.43. The minimum Gasteiger partial charge on any atom is -0.379 e. The van der Waals surface area contributed by atoms with Gasteiger partial charge < -0.3 is 15.4 Å². The first kappa shape index (κ1) is 28.3. The van der Waals surface area contributed by atoms with Crippen LogP contribution in [-0.4, -0.2) is 75.6 Å². The van der Waals surface area contributed by atoms with E-state index in [-0.39, 0.29) is 29.2 Å². The fraction of sp³-hybridized carbons (Fsp3) is 0.296. The van der Waals surface area contributed by atoms with Crippen molar-refractivity contribution in [2.45, 2.75) is 17.4 Å². The maximum atomic E-state index is 13.3. The molecule has 4 rings (SSSR count). The Hall–Kier alpha value is -3.71. The van der Waals surface area contributed by atoms with Crippen LogP contribution in [0.25, 0.3) is 0 Å². The lowest BCUT2D eigenvalue weighted by Gasteiger charge is -2.26. The van der Waals surface area contributed by atoms with Crippen molar-refractivity contribution in [1.82, 2.24) is 19.9 Å². The number of benzene rings is 2. The number of aromatic nitrogens is 1. The van der Waals surface area contributed by atoms with Crippen LogP contribution >= 0.6 is 0 Å². The molecular weight excluding hydrogens is 525 g/mol. The Morgan fingerprint density at radius 2 is 1.72 bits per heavy atom. The number of hydrogen-bond acceptors (Lipinski definition) is 7. The summed E-state index contributed by atoms with van der Waals surface area (Å²) in [5.41, 5.74) is 1.02. The van der Waals surface area contributed by atoms with Crippen LogP contribution in [0.5, 0.6) is 0 Å². The van der Waals surface area contributed by atoms with Crippen LogP contribution in [0.4, 0.5) is 10.2 Å². The molecule has 1 aliphatic rings. The zero-order valence-corrected chi connectivity index (χ0v) is 22.0. The lowest BCUT2D eigenvalue weighted by atomic mass is 10.0. The number of hydrogen-bond donors (Lipinski definition) is 3. The predicted molar refractivity (Wildman–Crippen MR) is 143 cm³/mol. The van der Waals surface area contributed by atoms with Gasteiger partial charge in [0, 0.05) is 44.4 Å². The first-order valence-corrected chi connectivity index (χ1v) is 14.0. The van der Waals surface area contributed by atoms with E-state index < -0.39 is 33.7 Å². The van der Waals surface area contributed by atoms with E-state index in [1.165, 1.54) is 24.3 Å². The van der Waals surface area contributed by atoms with Gasteiger partial charge in [0.1, 0.15) is 22.6 Å². The van der Waals surface area contributed by atoms with Gasteiger partial charge in [0.2, 0.25) is 15.9 Å². The summed E-state index contributed by atoms with van der Waals surface area (Å²) in [4.78, 5) is 32.1. The quantitative estimate of drug-likeness (QED) is 0.329. The van der Waals surface area contributed by atoms with Crippen molar-refractivity contribution in [3.8, 4) is 0 Å². The summed E-state index contributed by atoms with van der Waals surface area (Å²) in [5, 5.41) is 5.32. The summed E-state index contributed by atoms with van der Waals surface area (Å²) in [6.07, 6.45) is 1.36. The van der Waals surface area contributed by atoms with E-state index in [1.54, 1.807) is 0 Å². The summed E-state index contributed by atoms with van der Waals surface area (Å²) < 4.78 is 46.4. The van der Waals surface area contributed by atoms with Gasteiger partial charge in [-0.3, -0.25) is 14.5 Å². The van der Waals surface area contributed by atoms with Crippen LogP contribution < -0.4 is 15.4 Å². The van der Waals surface area contributed by atoms with Gasteiger partial charge in [0.25, 0.3) is 5.91 Å². The van der Waals surface area contributed by atoms with E-state index in [4.69, 9.17) is 4.74 Å². The summed E-state index contributed by atoms with van der Waals surface area (Å²) in [6.45, 7) is 3.59. The number of halogens is 1. The highest BCUT2D eigenvalue weighted by Gasteiger charge is 2.23. The molecule has 0 unspecified atom stereocenters. The molecule has 2 aromatic carbocycles. The zero-order valence-electron chi connectivity index (χ0n) is 21.2.